The molecule has 1 aromatic rings. The summed E-state index contributed by atoms with van der Waals surface area (Å²) in [5.41, 5.74) is 7.42. The molecular weight excluding hydrogens is 212 g/mol. The van der Waals surface area contributed by atoms with Gasteiger partial charge in [-0.25, -0.2) is 0 Å². The first-order valence-electron chi connectivity index (χ1n) is 6.15. The molecule has 0 aliphatic carbocycles. The van der Waals surface area contributed by atoms with Crippen molar-refractivity contribution >= 4 is 5.91 Å². The summed E-state index contributed by atoms with van der Waals surface area (Å²) in [5.74, 6) is 0.439. The number of hydrogen-bond acceptors (Lipinski definition) is 2. The van der Waals surface area contributed by atoms with Gasteiger partial charge in [0.15, 0.2) is 0 Å². The molecule has 1 rings (SSSR count). The molecule has 0 bridgehead atoms. The van der Waals surface area contributed by atoms with E-state index in [1.165, 1.54) is 0 Å². The molecule has 17 heavy (non-hydrogen) atoms. The van der Waals surface area contributed by atoms with E-state index in [1.807, 2.05) is 43.0 Å². The highest BCUT2D eigenvalue weighted by molar-refractivity contribution is 5.95. The molecule has 0 aliphatic heterocycles. The fourth-order valence-electron chi connectivity index (χ4n) is 1.79. The van der Waals surface area contributed by atoms with Crippen molar-refractivity contribution in [1.82, 2.24) is 4.90 Å². The maximum absolute atomic E-state index is 12.3. The standard InChI is InChI=1S/C14H22N2O/c1-4-16(10-11(2)9-15)14(17)13-8-6-5-7-12(13)3/h5-8,11H,4,9-10,15H2,1-3H3. The Balaban J connectivity index is 2.83. The van der Waals surface area contributed by atoms with Crippen molar-refractivity contribution in [2.75, 3.05) is 19.6 Å². The van der Waals surface area contributed by atoms with Gasteiger partial charge in [-0.2, -0.15) is 0 Å². The molecule has 94 valence electrons. The van der Waals surface area contributed by atoms with Gasteiger partial charge in [0.25, 0.3) is 5.91 Å². The Morgan fingerprint density at radius 1 is 1.41 bits per heavy atom. The minimum atomic E-state index is 0.103. The predicted molar refractivity (Wildman–Crippen MR) is 71.0 cm³/mol. The number of carbonyl (C=O) groups excluding carboxylic acids is 1. The lowest BCUT2D eigenvalue weighted by atomic mass is 10.1. The number of amides is 1. The zero-order valence-corrected chi connectivity index (χ0v) is 10.9. The van der Waals surface area contributed by atoms with E-state index in [1.54, 1.807) is 0 Å². The smallest absolute Gasteiger partial charge is 0.254 e. The number of nitrogens with two attached hydrogens (primary N) is 1. The Hall–Kier alpha value is -1.35. The first-order valence-corrected chi connectivity index (χ1v) is 6.15. The van der Waals surface area contributed by atoms with Crippen LogP contribution in [0.5, 0.6) is 0 Å². The third kappa shape index (κ3) is 3.56. The SMILES string of the molecule is CCN(CC(C)CN)C(=O)c1ccccc1C. The fourth-order valence-corrected chi connectivity index (χ4v) is 1.79. The Bertz CT molecular complexity index is 376. The maximum Gasteiger partial charge on any atom is 0.254 e. The van der Waals surface area contributed by atoms with Gasteiger partial charge < -0.3 is 10.6 Å². The first kappa shape index (κ1) is 13.7. The van der Waals surface area contributed by atoms with E-state index in [-0.39, 0.29) is 5.91 Å². The van der Waals surface area contributed by atoms with Gasteiger partial charge in [0.05, 0.1) is 0 Å². The van der Waals surface area contributed by atoms with Crippen LogP contribution in [-0.4, -0.2) is 30.4 Å². The van der Waals surface area contributed by atoms with Gasteiger partial charge in [-0.1, -0.05) is 25.1 Å². The van der Waals surface area contributed by atoms with Gasteiger partial charge in [0.2, 0.25) is 0 Å². The highest BCUT2D eigenvalue weighted by Gasteiger charge is 2.17. The second-order valence-corrected chi connectivity index (χ2v) is 4.50. The van der Waals surface area contributed by atoms with E-state index < -0.39 is 0 Å². The van der Waals surface area contributed by atoms with Crippen molar-refractivity contribution in [3.05, 3.63) is 35.4 Å². The van der Waals surface area contributed by atoms with Gasteiger partial charge in [-0.15, -0.1) is 0 Å². The lowest BCUT2D eigenvalue weighted by Crippen LogP contribution is -2.36. The first-order chi connectivity index (χ1) is 8.10. The minimum Gasteiger partial charge on any atom is -0.339 e. The molecule has 1 unspecified atom stereocenters. The van der Waals surface area contributed by atoms with Crippen LogP contribution in [0, 0.1) is 12.8 Å². The van der Waals surface area contributed by atoms with Crippen LogP contribution in [0.25, 0.3) is 0 Å². The lowest BCUT2D eigenvalue weighted by molar-refractivity contribution is 0.0743. The van der Waals surface area contributed by atoms with Gasteiger partial charge in [-0.05, 0) is 37.9 Å². The summed E-state index contributed by atoms with van der Waals surface area (Å²) >= 11 is 0. The van der Waals surface area contributed by atoms with E-state index >= 15 is 0 Å². The van der Waals surface area contributed by atoms with Gasteiger partial charge in [0, 0.05) is 18.7 Å². The predicted octanol–water partition coefficient (Wildman–Crippen LogP) is 2.05. The lowest BCUT2D eigenvalue weighted by Gasteiger charge is -2.24. The van der Waals surface area contributed by atoms with Gasteiger partial charge in [0.1, 0.15) is 0 Å². The highest BCUT2D eigenvalue weighted by atomic mass is 16.2. The molecular formula is C14H22N2O. The molecule has 1 amide bonds. The maximum atomic E-state index is 12.3. The van der Waals surface area contributed by atoms with Crippen LogP contribution in [0.2, 0.25) is 0 Å². The summed E-state index contributed by atoms with van der Waals surface area (Å²) in [4.78, 5) is 14.2. The molecule has 0 spiro atoms. The van der Waals surface area contributed by atoms with Crippen molar-refractivity contribution in [3.63, 3.8) is 0 Å². The Morgan fingerprint density at radius 2 is 2.06 bits per heavy atom. The van der Waals surface area contributed by atoms with Crippen LogP contribution in [0.15, 0.2) is 24.3 Å². The molecule has 0 radical (unpaired) electrons. The minimum absolute atomic E-state index is 0.103. The molecule has 2 N–H and O–H groups in total. The number of aryl methyl sites for hydroxylation is 1. The molecule has 3 nitrogen and oxygen atoms in total. The Kier molecular flexibility index (Phi) is 5.16. The van der Waals surface area contributed by atoms with Crippen molar-refractivity contribution < 1.29 is 4.79 Å². The van der Waals surface area contributed by atoms with Crippen LogP contribution >= 0.6 is 0 Å². The quantitative estimate of drug-likeness (QED) is 0.847. The van der Waals surface area contributed by atoms with Crippen LogP contribution in [0.3, 0.4) is 0 Å². The summed E-state index contributed by atoms with van der Waals surface area (Å²) in [6.45, 7) is 8.08. The fraction of sp³-hybridized carbons (Fsp3) is 0.500. The zero-order valence-electron chi connectivity index (χ0n) is 10.9. The highest BCUT2D eigenvalue weighted by Crippen LogP contribution is 2.11. The van der Waals surface area contributed by atoms with Crippen molar-refractivity contribution in [2.45, 2.75) is 20.8 Å². The summed E-state index contributed by atoms with van der Waals surface area (Å²) in [6, 6.07) is 7.70. The molecule has 1 aromatic carbocycles. The summed E-state index contributed by atoms with van der Waals surface area (Å²) in [7, 11) is 0. The molecule has 0 heterocycles. The third-order valence-electron chi connectivity index (χ3n) is 2.98. The number of hydrogen-bond donors (Lipinski definition) is 1. The largest absolute Gasteiger partial charge is 0.339 e. The van der Waals surface area contributed by atoms with Crippen molar-refractivity contribution in [2.24, 2.45) is 11.7 Å². The van der Waals surface area contributed by atoms with Gasteiger partial charge in [-0.3, -0.25) is 4.79 Å². The molecule has 0 fully saturated rings. The third-order valence-corrected chi connectivity index (χ3v) is 2.98. The van der Waals surface area contributed by atoms with Gasteiger partial charge >= 0.3 is 0 Å². The van der Waals surface area contributed by atoms with E-state index in [4.69, 9.17) is 5.73 Å². The zero-order chi connectivity index (χ0) is 12.8. The van der Waals surface area contributed by atoms with E-state index in [2.05, 4.69) is 6.92 Å². The number of rotatable bonds is 5. The average Bonchev–Trinajstić information content (AvgIpc) is 2.35. The number of carbonyl (C=O) groups is 1. The Labute approximate surface area is 104 Å². The summed E-state index contributed by atoms with van der Waals surface area (Å²) < 4.78 is 0. The summed E-state index contributed by atoms with van der Waals surface area (Å²) in [6.07, 6.45) is 0. The van der Waals surface area contributed by atoms with Crippen LogP contribution in [0.1, 0.15) is 29.8 Å². The molecule has 0 saturated heterocycles. The molecule has 0 aliphatic rings. The van der Waals surface area contributed by atoms with Crippen molar-refractivity contribution in [3.8, 4) is 0 Å². The Morgan fingerprint density at radius 3 is 2.59 bits per heavy atom. The number of nitrogens with zero attached hydrogens (tertiary/aromatic N) is 1. The van der Waals surface area contributed by atoms with Crippen LogP contribution < -0.4 is 5.73 Å². The van der Waals surface area contributed by atoms with E-state index in [0.29, 0.717) is 12.5 Å². The van der Waals surface area contributed by atoms with E-state index in [9.17, 15) is 4.79 Å². The summed E-state index contributed by atoms with van der Waals surface area (Å²) in [5, 5.41) is 0. The molecule has 0 aromatic heterocycles. The topological polar surface area (TPSA) is 46.3 Å². The normalized spacial score (nSPS) is 12.2. The monoisotopic (exact) mass is 234 g/mol. The average molecular weight is 234 g/mol. The van der Waals surface area contributed by atoms with E-state index in [0.717, 1.165) is 24.2 Å². The second kappa shape index (κ2) is 6.40. The van der Waals surface area contributed by atoms with Crippen LogP contribution in [-0.2, 0) is 0 Å². The molecule has 3 heteroatoms. The molecule has 1 atom stereocenters. The van der Waals surface area contributed by atoms with Crippen LogP contribution in [0.4, 0.5) is 0 Å². The number of benzene rings is 1. The van der Waals surface area contributed by atoms with Crippen molar-refractivity contribution in [1.29, 1.82) is 0 Å². The second-order valence-electron chi connectivity index (χ2n) is 4.50. The molecule has 0 saturated carbocycles.